The second kappa shape index (κ2) is 3.53. The number of aliphatic hydroxyl groups excluding tert-OH is 1. The predicted octanol–water partition coefficient (Wildman–Crippen LogP) is 1.38. The minimum Gasteiger partial charge on any atom is -0.366 e. The first kappa shape index (κ1) is 11.2. The highest BCUT2D eigenvalue weighted by Gasteiger charge is 2.61. The zero-order valence-electron chi connectivity index (χ0n) is 9.92. The van der Waals surface area contributed by atoms with E-state index in [-0.39, 0.29) is 0 Å². The molecular weight excluding hydrogens is 220 g/mol. The first-order chi connectivity index (χ1) is 8.04. The third kappa shape index (κ3) is 1.60. The molecule has 3 atom stereocenters. The second-order valence-corrected chi connectivity index (χ2v) is 5.00. The number of aliphatic hydroxyl groups is 1. The summed E-state index contributed by atoms with van der Waals surface area (Å²) < 4.78 is 17.0. The molecule has 0 bridgehead atoms. The molecule has 4 nitrogen and oxygen atoms in total. The van der Waals surface area contributed by atoms with Gasteiger partial charge in [0.1, 0.15) is 6.10 Å². The zero-order chi connectivity index (χ0) is 12.1. The number of hydrogen-bond donors (Lipinski definition) is 1. The molecule has 2 fully saturated rings. The summed E-state index contributed by atoms with van der Waals surface area (Å²) >= 11 is 0. The van der Waals surface area contributed by atoms with E-state index in [9.17, 15) is 5.11 Å². The highest BCUT2D eigenvalue weighted by molar-refractivity contribution is 5.27. The molecular formula is C13H16O4. The van der Waals surface area contributed by atoms with Gasteiger partial charge < -0.3 is 19.3 Å². The molecule has 2 saturated heterocycles. The van der Waals surface area contributed by atoms with Gasteiger partial charge in [0.15, 0.2) is 17.7 Å². The van der Waals surface area contributed by atoms with Gasteiger partial charge in [-0.2, -0.15) is 0 Å². The third-order valence-electron chi connectivity index (χ3n) is 3.29. The van der Waals surface area contributed by atoms with Crippen LogP contribution in [0, 0.1) is 0 Å². The highest BCUT2D eigenvalue weighted by Crippen LogP contribution is 2.48. The summed E-state index contributed by atoms with van der Waals surface area (Å²) in [6, 6.07) is 9.78. The van der Waals surface area contributed by atoms with Gasteiger partial charge in [-0.15, -0.1) is 0 Å². The van der Waals surface area contributed by atoms with E-state index < -0.39 is 23.8 Å². The van der Waals surface area contributed by atoms with Gasteiger partial charge in [0, 0.05) is 0 Å². The van der Waals surface area contributed by atoms with E-state index in [1.54, 1.807) is 0 Å². The van der Waals surface area contributed by atoms with Gasteiger partial charge in [-0.25, -0.2) is 0 Å². The van der Waals surface area contributed by atoms with Gasteiger partial charge in [-0.1, -0.05) is 30.3 Å². The van der Waals surface area contributed by atoms with Crippen molar-refractivity contribution in [2.75, 3.05) is 6.61 Å². The maximum atomic E-state index is 9.83. The first-order valence-corrected chi connectivity index (χ1v) is 5.77. The molecule has 3 rings (SSSR count). The van der Waals surface area contributed by atoms with Gasteiger partial charge in [-0.3, -0.25) is 0 Å². The molecule has 0 saturated carbocycles. The highest BCUT2D eigenvalue weighted by atomic mass is 16.8. The molecule has 2 heterocycles. The Kier molecular flexibility index (Phi) is 2.32. The van der Waals surface area contributed by atoms with Crippen molar-refractivity contribution in [2.45, 2.75) is 37.6 Å². The molecule has 2 aliphatic rings. The molecule has 1 aromatic carbocycles. The van der Waals surface area contributed by atoms with Crippen LogP contribution in [-0.2, 0) is 19.8 Å². The van der Waals surface area contributed by atoms with Gasteiger partial charge in [0.05, 0.1) is 6.61 Å². The molecule has 1 aromatic rings. The summed E-state index contributed by atoms with van der Waals surface area (Å²) in [7, 11) is 0. The number of benzene rings is 1. The smallest absolute Gasteiger partial charge is 0.184 e. The molecule has 0 spiro atoms. The van der Waals surface area contributed by atoms with E-state index in [1.165, 1.54) is 0 Å². The molecule has 0 radical (unpaired) electrons. The van der Waals surface area contributed by atoms with Crippen LogP contribution in [0.2, 0.25) is 0 Å². The standard InChI is InChI=1S/C13H16O4/c1-12(2)16-10-11(14)15-8-13(10,17-12)9-6-4-3-5-7-9/h3-7,10-11,14H,8H2,1-2H3/t10-,11?,13-/m1/s1. The number of rotatable bonds is 1. The van der Waals surface area contributed by atoms with Gasteiger partial charge in [-0.05, 0) is 19.4 Å². The van der Waals surface area contributed by atoms with Crippen molar-refractivity contribution in [2.24, 2.45) is 0 Å². The van der Waals surface area contributed by atoms with Crippen LogP contribution in [-0.4, -0.2) is 29.9 Å². The summed E-state index contributed by atoms with van der Waals surface area (Å²) in [6.45, 7) is 4.01. The van der Waals surface area contributed by atoms with Crippen LogP contribution >= 0.6 is 0 Å². The van der Waals surface area contributed by atoms with Gasteiger partial charge in [0.25, 0.3) is 0 Å². The van der Waals surface area contributed by atoms with Crippen LogP contribution in [0.25, 0.3) is 0 Å². The first-order valence-electron chi connectivity index (χ1n) is 5.77. The molecule has 0 aromatic heterocycles. The van der Waals surface area contributed by atoms with Crippen molar-refractivity contribution in [1.82, 2.24) is 0 Å². The fourth-order valence-electron chi connectivity index (χ4n) is 2.65. The topological polar surface area (TPSA) is 47.9 Å². The molecule has 17 heavy (non-hydrogen) atoms. The lowest BCUT2D eigenvalue weighted by atomic mass is 9.90. The third-order valence-corrected chi connectivity index (χ3v) is 3.29. The van der Waals surface area contributed by atoms with E-state index in [4.69, 9.17) is 14.2 Å². The minimum absolute atomic E-state index is 0.312. The average molecular weight is 236 g/mol. The van der Waals surface area contributed by atoms with E-state index in [1.807, 2.05) is 44.2 Å². The Morgan fingerprint density at radius 3 is 2.65 bits per heavy atom. The Bertz CT molecular complexity index is 417. The fourth-order valence-corrected chi connectivity index (χ4v) is 2.65. The Morgan fingerprint density at radius 2 is 1.94 bits per heavy atom. The van der Waals surface area contributed by atoms with Gasteiger partial charge >= 0.3 is 0 Å². The van der Waals surface area contributed by atoms with Crippen LogP contribution in [0.1, 0.15) is 19.4 Å². The SMILES string of the molecule is CC1(C)O[C@@H]2C(O)OC[C@]2(c2ccccc2)O1. The predicted molar refractivity (Wildman–Crippen MR) is 60.1 cm³/mol. The zero-order valence-corrected chi connectivity index (χ0v) is 9.92. The molecule has 0 aliphatic carbocycles. The molecule has 0 amide bonds. The van der Waals surface area contributed by atoms with Crippen molar-refractivity contribution >= 4 is 0 Å². The quantitative estimate of drug-likeness (QED) is 0.800. The minimum atomic E-state index is -0.933. The lowest BCUT2D eigenvalue weighted by Crippen LogP contribution is -2.38. The lowest BCUT2D eigenvalue weighted by Gasteiger charge is -2.27. The van der Waals surface area contributed by atoms with Crippen molar-refractivity contribution in [1.29, 1.82) is 0 Å². The van der Waals surface area contributed by atoms with E-state index in [0.29, 0.717) is 6.61 Å². The summed E-state index contributed by atoms with van der Waals surface area (Å²) in [5.74, 6) is -0.703. The Morgan fingerprint density at radius 1 is 1.24 bits per heavy atom. The fraction of sp³-hybridized carbons (Fsp3) is 0.538. The summed E-state index contributed by atoms with van der Waals surface area (Å²) in [5.41, 5.74) is 0.289. The molecule has 92 valence electrons. The number of hydrogen-bond acceptors (Lipinski definition) is 4. The number of ether oxygens (including phenoxy) is 3. The van der Waals surface area contributed by atoms with Crippen LogP contribution in [0.15, 0.2) is 30.3 Å². The summed E-state index contributed by atoms with van der Waals surface area (Å²) in [6.07, 6.45) is -1.41. The lowest BCUT2D eigenvalue weighted by molar-refractivity contribution is -0.214. The summed E-state index contributed by atoms with van der Waals surface area (Å²) in [5, 5.41) is 9.83. The Balaban J connectivity index is 2.05. The van der Waals surface area contributed by atoms with E-state index in [2.05, 4.69) is 0 Å². The van der Waals surface area contributed by atoms with Crippen LogP contribution in [0.5, 0.6) is 0 Å². The van der Waals surface area contributed by atoms with Crippen molar-refractivity contribution < 1.29 is 19.3 Å². The van der Waals surface area contributed by atoms with E-state index >= 15 is 0 Å². The van der Waals surface area contributed by atoms with Crippen molar-refractivity contribution in [3.05, 3.63) is 35.9 Å². The average Bonchev–Trinajstić information content (AvgIpc) is 2.75. The maximum Gasteiger partial charge on any atom is 0.184 e. The van der Waals surface area contributed by atoms with Crippen LogP contribution in [0.4, 0.5) is 0 Å². The van der Waals surface area contributed by atoms with Crippen molar-refractivity contribution in [3.63, 3.8) is 0 Å². The van der Waals surface area contributed by atoms with Gasteiger partial charge in [0.2, 0.25) is 0 Å². The largest absolute Gasteiger partial charge is 0.366 e. The molecule has 1 N–H and O–H groups in total. The monoisotopic (exact) mass is 236 g/mol. The normalized spacial score (nSPS) is 39.2. The molecule has 4 heteroatoms. The van der Waals surface area contributed by atoms with Crippen LogP contribution < -0.4 is 0 Å². The van der Waals surface area contributed by atoms with Crippen molar-refractivity contribution in [3.8, 4) is 0 Å². The Hall–Kier alpha value is -0.940. The Labute approximate surface area is 100 Å². The maximum absolute atomic E-state index is 9.83. The summed E-state index contributed by atoms with van der Waals surface area (Å²) in [4.78, 5) is 0. The van der Waals surface area contributed by atoms with Crippen LogP contribution in [0.3, 0.4) is 0 Å². The van der Waals surface area contributed by atoms with E-state index in [0.717, 1.165) is 5.56 Å². The second-order valence-electron chi connectivity index (χ2n) is 5.00. The molecule has 2 aliphatic heterocycles. The molecule has 1 unspecified atom stereocenters. The number of fused-ring (bicyclic) bond motifs is 1.